The molecule has 0 amide bonds. The molecule has 2 heteroatoms. The van der Waals surface area contributed by atoms with Crippen LogP contribution in [0.2, 0.25) is 0 Å². The molecule has 0 aliphatic heterocycles. The summed E-state index contributed by atoms with van der Waals surface area (Å²) in [5, 5.41) is 11.7. The van der Waals surface area contributed by atoms with Crippen molar-refractivity contribution in [3.63, 3.8) is 0 Å². The van der Waals surface area contributed by atoms with Gasteiger partial charge in [0, 0.05) is 12.0 Å². The molecular weight excluding hydrogens is 220 g/mol. The summed E-state index contributed by atoms with van der Waals surface area (Å²) in [6.07, 6.45) is 1.17. The maximum Gasteiger partial charge on any atom is 0.0841 e. The fourth-order valence-corrected chi connectivity index (χ4v) is 2.03. The summed E-state index contributed by atoms with van der Waals surface area (Å²) < 4.78 is 0. The van der Waals surface area contributed by atoms with Crippen molar-refractivity contribution in [1.82, 2.24) is 5.32 Å². The first kappa shape index (κ1) is 14.7. The van der Waals surface area contributed by atoms with E-state index >= 15 is 0 Å². The first-order valence-corrected chi connectivity index (χ1v) is 6.69. The Morgan fingerprint density at radius 3 is 2.39 bits per heavy atom. The number of rotatable bonds is 6. The van der Waals surface area contributed by atoms with E-state index in [9.17, 15) is 0 Å². The van der Waals surface area contributed by atoms with Crippen molar-refractivity contribution in [2.24, 2.45) is 0 Å². The third-order valence-corrected chi connectivity index (χ3v) is 3.64. The zero-order valence-corrected chi connectivity index (χ0v) is 12.0. The summed E-state index contributed by atoms with van der Waals surface area (Å²) in [6, 6.07) is 11.0. The van der Waals surface area contributed by atoms with Gasteiger partial charge in [-0.15, -0.1) is 0 Å². The van der Waals surface area contributed by atoms with E-state index in [0.717, 1.165) is 6.54 Å². The molecule has 1 aromatic rings. The number of nitrogens with zero attached hydrogens (tertiary/aromatic N) is 1. The van der Waals surface area contributed by atoms with Crippen LogP contribution in [0.4, 0.5) is 0 Å². The summed E-state index contributed by atoms with van der Waals surface area (Å²) >= 11 is 0. The number of hydrogen-bond donors (Lipinski definition) is 1. The maximum absolute atomic E-state index is 8.55. The molecule has 18 heavy (non-hydrogen) atoms. The lowest BCUT2D eigenvalue weighted by atomic mass is 9.83. The second kappa shape index (κ2) is 6.56. The highest BCUT2D eigenvalue weighted by Crippen LogP contribution is 2.25. The molecule has 0 saturated heterocycles. The quantitative estimate of drug-likeness (QED) is 0.613. The molecule has 0 aliphatic carbocycles. The molecule has 0 spiro atoms. The highest BCUT2D eigenvalue weighted by atomic mass is 14.9. The van der Waals surface area contributed by atoms with Crippen LogP contribution in [0.25, 0.3) is 0 Å². The van der Waals surface area contributed by atoms with Crippen molar-refractivity contribution in [3.8, 4) is 6.07 Å². The van der Waals surface area contributed by atoms with Crippen molar-refractivity contribution in [2.75, 3.05) is 13.1 Å². The number of hydrogen-bond acceptors (Lipinski definition) is 2. The van der Waals surface area contributed by atoms with Gasteiger partial charge >= 0.3 is 0 Å². The molecule has 0 bridgehead atoms. The summed E-state index contributed by atoms with van der Waals surface area (Å²) in [7, 11) is 0. The maximum atomic E-state index is 8.55. The minimum Gasteiger partial charge on any atom is -0.304 e. The fourth-order valence-electron chi connectivity index (χ4n) is 2.03. The summed E-state index contributed by atoms with van der Waals surface area (Å²) in [5.41, 5.74) is 2.78. The van der Waals surface area contributed by atoms with Crippen LogP contribution in [0.3, 0.4) is 0 Å². The van der Waals surface area contributed by atoms with Gasteiger partial charge in [-0.05, 0) is 23.5 Å². The van der Waals surface area contributed by atoms with Crippen LogP contribution < -0.4 is 5.32 Å². The van der Waals surface area contributed by atoms with Gasteiger partial charge in [0.05, 0.1) is 12.6 Å². The lowest BCUT2D eigenvalue weighted by Gasteiger charge is -2.26. The smallest absolute Gasteiger partial charge is 0.0841 e. The van der Waals surface area contributed by atoms with Gasteiger partial charge in [0.2, 0.25) is 0 Å². The average Bonchev–Trinajstić information content (AvgIpc) is 2.38. The molecular formula is C16H24N2. The SMILES string of the molecule is CCC(C)c1ccc(C(C)(C)CNCC#N)cc1. The van der Waals surface area contributed by atoms with Gasteiger partial charge in [0.15, 0.2) is 0 Å². The molecule has 0 radical (unpaired) electrons. The zero-order valence-electron chi connectivity index (χ0n) is 12.0. The van der Waals surface area contributed by atoms with Crippen LogP contribution >= 0.6 is 0 Å². The van der Waals surface area contributed by atoms with Crippen LogP contribution in [-0.2, 0) is 5.41 Å². The molecule has 1 rings (SSSR count). The normalized spacial score (nSPS) is 13.1. The first-order chi connectivity index (χ1) is 8.51. The summed E-state index contributed by atoms with van der Waals surface area (Å²) in [5.74, 6) is 0.624. The van der Waals surface area contributed by atoms with E-state index in [1.54, 1.807) is 0 Å². The van der Waals surface area contributed by atoms with E-state index in [4.69, 9.17) is 5.26 Å². The molecule has 2 nitrogen and oxygen atoms in total. The van der Waals surface area contributed by atoms with Gasteiger partial charge < -0.3 is 5.32 Å². The molecule has 0 aliphatic rings. The van der Waals surface area contributed by atoms with Crippen molar-refractivity contribution >= 4 is 0 Å². The van der Waals surface area contributed by atoms with E-state index in [-0.39, 0.29) is 5.41 Å². The molecule has 0 aromatic heterocycles. The van der Waals surface area contributed by atoms with E-state index in [2.05, 4.69) is 63.3 Å². The van der Waals surface area contributed by atoms with E-state index in [0.29, 0.717) is 12.5 Å². The van der Waals surface area contributed by atoms with Gasteiger partial charge in [0.25, 0.3) is 0 Å². The van der Waals surface area contributed by atoms with Crippen LogP contribution in [0, 0.1) is 11.3 Å². The lowest BCUT2D eigenvalue weighted by Crippen LogP contribution is -2.33. The van der Waals surface area contributed by atoms with Crippen LogP contribution in [0.5, 0.6) is 0 Å². The van der Waals surface area contributed by atoms with Gasteiger partial charge in [-0.25, -0.2) is 0 Å². The Morgan fingerprint density at radius 1 is 1.28 bits per heavy atom. The van der Waals surface area contributed by atoms with E-state index in [1.165, 1.54) is 17.5 Å². The zero-order chi connectivity index (χ0) is 13.6. The Morgan fingerprint density at radius 2 is 1.89 bits per heavy atom. The Kier molecular flexibility index (Phi) is 5.37. The van der Waals surface area contributed by atoms with Gasteiger partial charge in [-0.2, -0.15) is 5.26 Å². The average molecular weight is 244 g/mol. The predicted molar refractivity (Wildman–Crippen MR) is 76.7 cm³/mol. The predicted octanol–water partition coefficient (Wildman–Crippen LogP) is 3.59. The van der Waals surface area contributed by atoms with E-state index < -0.39 is 0 Å². The van der Waals surface area contributed by atoms with Gasteiger partial charge in [0.1, 0.15) is 0 Å². The third-order valence-electron chi connectivity index (χ3n) is 3.64. The molecule has 0 fully saturated rings. The second-order valence-corrected chi connectivity index (χ2v) is 5.58. The van der Waals surface area contributed by atoms with Crippen molar-refractivity contribution in [3.05, 3.63) is 35.4 Å². The van der Waals surface area contributed by atoms with Crippen LogP contribution in [0.15, 0.2) is 24.3 Å². The van der Waals surface area contributed by atoms with Crippen LogP contribution in [-0.4, -0.2) is 13.1 Å². The summed E-state index contributed by atoms with van der Waals surface area (Å²) in [4.78, 5) is 0. The Bertz CT molecular complexity index is 398. The Labute approximate surface area is 111 Å². The Hall–Kier alpha value is -1.33. The van der Waals surface area contributed by atoms with Crippen molar-refractivity contribution in [1.29, 1.82) is 5.26 Å². The fraction of sp³-hybridized carbons (Fsp3) is 0.562. The molecule has 1 N–H and O–H groups in total. The Balaban J connectivity index is 2.74. The van der Waals surface area contributed by atoms with Crippen molar-refractivity contribution in [2.45, 2.75) is 45.4 Å². The highest BCUT2D eigenvalue weighted by Gasteiger charge is 2.20. The molecule has 1 unspecified atom stereocenters. The largest absolute Gasteiger partial charge is 0.304 e. The standard InChI is InChI=1S/C16H24N2/c1-5-13(2)14-6-8-15(9-7-14)16(3,4)12-18-11-10-17/h6-9,13,18H,5,11-12H2,1-4H3. The monoisotopic (exact) mass is 244 g/mol. The second-order valence-electron chi connectivity index (χ2n) is 5.58. The molecule has 0 heterocycles. The van der Waals surface area contributed by atoms with Gasteiger partial charge in [-0.3, -0.25) is 0 Å². The summed E-state index contributed by atoms with van der Waals surface area (Å²) in [6.45, 7) is 10.1. The molecule has 98 valence electrons. The highest BCUT2D eigenvalue weighted by molar-refractivity contribution is 5.30. The molecule has 0 saturated carbocycles. The molecule has 1 atom stereocenters. The number of nitriles is 1. The topological polar surface area (TPSA) is 35.8 Å². The third kappa shape index (κ3) is 3.85. The number of nitrogens with one attached hydrogen (secondary N) is 1. The lowest BCUT2D eigenvalue weighted by molar-refractivity contribution is 0.484. The minimum atomic E-state index is 0.0603. The molecule has 1 aromatic carbocycles. The van der Waals surface area contributed by atoms with Crippen LogP contribution in [0.1, 0.15) is 51.2 Å². The van der Waals surface area contributed by atoms with Crippen molar-refractivity contribution < 1.29 is 0 Å². The first-order valence-electron chi connectivity index (χ1n) is 6.69. The van der Waals surface area contributed by atoms with Gasteiger partial charge in [-0.1, -0.05) is 52.0 Å². The van der Waals surface area contributed by atoms with E-state index in [1.807, 2.05) is 0 Å². The minimum absolute atomic E-state index is 0.0603. The number of benzene rings is 1.